The molecule has 2 aromatic rings. The lowest BCUT2D eigenvalue weighted by Gasteiger charge is -2.07. The molecular formula is C12H7FIN3O3. The average molecular weight is 387 g/mol. The molecular weight excluding hydrogens is 380 g/mol. The first-order chi connectivity index (χ1) is 9.49. The number of hydrogen-bond donors (Lipinski definition) is 2. The highest BCUT2D eigenvalue weighted by Crippen LogP contribution is 2.16. The number of carbonyl (C=O) groups excluding carboxylic acids is 1. The van der Waals surface area contributed by atoms with E-state index in [2.05, 4.69) is 15.3 Å². The topological polar surface area (TPSA) is 92.2 Å². The van der Waals surface area contributed by atoms with Gasteiger partial charge < -0.3 is 10.4 Å². The monoisotopic (exact) mass is 387 g/mol. The van der Waals surface area contributed by atoms with Crippen LogP contribution in [0.15, 0.2) is 30.6 Å². The highest BCUT2D eigenvalue weighted by molar-refractivity contribution is 14.1. The van der Waals surface area contributed by atoms with E-state index in [0.717, 1.165) is 6.07 Å². The standard InChI is InChI=1S/C12H7FIN3O3/c13-6-1-2-7(8(14)5-6)11(18)17-10-9(12(19)20)15-3-4-16-10/h1-5H,(H,19,20)(H,16,17,18). The molecule has 1 amide bonds. The van der Waals surface area contributed by atoms with E-state index < -0.39 is 17.7 Å². The molecule has 0 saturated carbocycles. The summed E-state index contributed by atoms with van der Waals surface area (Å²) in [5.74, 6) is -2.51. The number of halogens is 2. The largest absolute Gasteiger partial charge is 0.476 e. The van der Waals surface area contributed by atoms with Crippen molar-refractivity contribution >= 4 is 40.3 Å². The molecule has 0 aliphatic rings. The second-order valence-corrected chi connectivity index (χ2v) is 4.80. The van der Waals surface area contributed by atoms with Crippen molar-refractivity contribution in [1.82, 2.24) is 9.97 Å². The molecule has 102 valence electrons. The van der Waals surface area contributed by atoms with Crippen LogP contribution < -0.4 is 5.32 Å². The Labute approximate surface area is 126 Å². The van der Waals surface area contributed by atoms with Gasteiger partial charge in [0.1, 0.15) is 5.82 Å². The van der Waals surface area contributed by atoms with Crippen LogP contribution in [-0.4, -0.2) is 27.0 Å². The van der Waals surface area contributed by atoms with E-state index in [1.165, 1.54) is 24.5 Å². The first kappa shape index (κ1) is 14.3. The van der Waals surface area contributed by atoms with Gasteiger partial charge in [0.15, 0.2) is 11.5 Å². The van der Waals surface area contributed by atoms with Crippen LogP contribution in [0.1, 0.15) is 20.8 Å². The van der Waals surface area contributed by atoms with Gasteiger partial charge in [-0.1, -0.05) is 0 Å². The molecule has 0 fully saturated rings. The Kier molecular flexibility index (Phi) is 4.23. The molecule has 0 spiro atoms. The highest BCUT2D eigenvalue weighted by Gasteiger charge is 2.17. The van der Waals surface area contributed by atoms with Gasteiger partial charge in [-0.15, -0.1) is 0 Å². The van der Waals surface area contributed by atoms with Gasteiger partial charge in [0, 0.05) is 16.0 Å². The van der Waals surface area contributed by atoms with E-state index in [4.69, 9.17) is 5.11 Å². The second-order valence-electron chi connectivity index (χ2n) is 3.64. The molecule has 2 N–H and O–H groups in total. The molecule has 0 saturated heterocycles. The minimum absolute atomic E-state index is 0.162. The Morgan fingerprint density at radius 1 is 1.25 bits per heavy atom. The molecule has 1 aromatic carbocycles. The quantitative estimate of drug-likeness (QED) is 0.788. The summed E-state index contributed by atoms with van der Waals surface area (Å²) in [7, 11) is 0. The first-order valence-electron chi connectivity index (χ1n) is 5.29. The second kappa shape index (κ2) is 5.90. The molecule has 8 heteroatoms. The summed E-state index contributed by atoms with van der Waals surface area (Å²) < 4.78 is 13.4. The summed E-state index contributed by atoms with van der Waals surface area (Å²) in [6.07, 6.45) is 2.47. The van der Waals surface area contributed by atoms with Gasteiger partial charge in [0.05, 0.1) is 5.56 Å². The van der Waals surface area contributed by atoms with E-state index in [0.29, 0.717) is 3.57 Å². The number of rotatable bonds is 3. The molecule has 1 heterocycles. The number of nitrogens with one attached hydrogen (secondary N) is 1. The van der Waals surface area contributed by atoms with Crippen LogP contribution in [0.5, 0.6) is 0 Å². The summed E-state index contributed by atoms with van der Waals surface area (Å²) in [6.45, 7) is 0. The molecule has 0 aliphatic carbocycles. The fourth-order valence-corrected chi connectivity index (χ4v) is 2.16. The van der Waals surface area contributed by atoms with Crippen LogP contribution in [0, 0.1) is 9.39 Å². The lowest BCUT2D eigenvalue weighted by Crippen LogP contribution is -2.18. The SMILES string of the molecule is O=C(Nc1nccnc1C(=O)O)c1ccc(F)cc1I. The van der Waals surface area contributed by atoms with Gasteiger partial charge in [0.25, 0.3) is 5.91 Å². The number of aromatic carboxylic acids is 1. The van der Waals surface area contributed by atoms with Crippen molar-refractivity contribution in [3.63, 3.8) is 0 Å². The Hall–Kier alpha value is -2.10. The van der Waals surface area contributed by atoms with Crippen molar-refractivity contribution in [1.29, 1.82) is 0 Å². The molecule has 0 unspecified atom stereocenters. The number of aromatic nitrogens is 2. The molecule has 2 rings (SSSR count). The number of nitrogens with zero attached hydrogens (tertiary/aromatic N) is 2. The van der Waals surface area contributed by atoms with Crippen LogP contribution in [0.25, 0.3) is 0 Å². The minimum atomic E-state index is -1.30. The average Bonchev–Trinajstić information content (AvgIpc) is 2.38. The van der Waals surface area contributed by atoms with Crippen LogP contribution in [-0.2, 0) is 0 Å². The van der Waals surface area contributed by atoms with Crippen LogP contribution in [0.3, 0.4) is 0 Å². The number of anilines is 1. The molecule has 6 nitrogen and oxygen atoms in total. The summed E-state index contributed by atoms with van der Waals surface area (Å²) >= 11 is 1.81. The Balaban J connectivity index is 2.30. The molecule has 0 atom stereocenters. The highest BCUT2D eigenvalue weighted by atomic mass is 127. The lowest BCUT2D eigenvalue weighted by atomic mass is 10.2. The summed E-state index contributed by atoms with van der Waals surface area (Å²) in [5, 5.41) is 11.3. The fraction of sp³-hybridized carbons (Fsp3) is 0. The molecule has 0 bridgehead atoms. The molecule has 0 aliphatic heterocycles. The third-order valence-corrected chi connectivity index (χ3v) is 3.20. The third kappa shape index (κ3) is 3.07. The third-order valence-electron chi connectivity index (χ3n) is 2.31. The van der Waals surface area contributed by atoms with E-state index in [-0.39, 0.29) is 17.1 Å². The van der Waals surface area contributed by atoms with Crippen molar-refractivity contribution in [2.45, 2.75) is 0 Å². The Morgan fingerprint density at radius 3 is 2.60 bits per heavy atom. The maximum atomic E-state index is 13.0. The predicted octanol–water partition coefficient (Wildman–Crippen LogP) is 2.17. The molecule has 0 radical (unpaired) electrons. The number of carboxylic acids is 1. The zero-order valence-corrected chi connectivity index (χ0v) is 12.0. The molecule has 1 aromatic heterocycles. The van der Waals surface area contributed by atoms with Crippen molar-refractivity contribution < 1.29 is 19.1 Å². The number of carbonyl (C=O) groups is 2. The molecule has 20 heavy (non-hydrogen) atoms. The zero-order chi connectivity index (χ0) is 14.7. The summed E-state index contributed by atoms with van der Waals surface area (Å²) in [6, 6.07) is 3.65. The van der Waals surface area contributed by atoms with Crippen LogP contribution >= 0.6 is 22.6 Å². The van der Waals surface area contributed by atoms with Gasteiger partial charge in [-0.2, -0.15) is 0 Å². The number of amides is 1. The van der Waals surface area contributed by atoms with Gasteiger partial charge >= 0.3 is 5.97 Å². The van der Waals surface area contributed by atoms with Gasteiger partial charge in [-0.25, -0.2) is 19.2 Å². The fourth-order valence-electron chi connectivity index (χ4n) is 1.43. The van der Waals surface area contributed by atoms with E-state index in [1.54, 1.807) is 0 Å². The number of hydrogen-bond acceptors (Lipinski definition) is 4. The number of benzene rings is 1. The summed E-state index contributed by atoms with van der Waals surface area (Å²) in [4.78, 5) is 30.4. The van der Waals surface area contributed by atoms with E-state index >= 15 is 0 Å². The van der Waals surface area contributed by atoms with Gasteiger partial charge in [-0.3, -0.25) is 4.79 Å². The van der Waals surface area contributed by atoms with Crippen molar-refractivity contribution in [2.75, 3.05) is 5.32 Å². The van der Waals surface area contributed by atoms with Crippen molar-refractivity contribution in [3.8, 4) is 0 Å². The van der Waals surface area contributed by atoms with Gasteiger partial charge in [0.2, 0.25) is 0 Å². The first-order valence-corrected chi connectivity index (χ1v) is 6.37. The minimum Gasteiger partial charge on any atom is -0.476 e. The maximum absolute atomic E-state index is 13.0. The Morgan fingerprint density at radius 2 is 1.95 bits per heavy atom. The summed E-state index contributed by atoms with van der Waals surface area (Å²) in [5.41, 5.74) is -0.146. The smallest absolute Gasteiger partial charge is 0.358 e. The van der Waals surface area contributed by atoms with E-state index in [9.17, 15) is 14.0 Å². The lowest BCUT2D eigenvalue weighted by molar-refractivity contribution is 0.0691. The zero-order valence-electron chi connectivity index (χ0n) is 9.80. The normalized spacial score (nSPS) is 10.1. The predicted molar refractivity (Wildman–Crippen MR) is 76.1 cm³/mol. The van der Waals surface area contributed by atoms with Gasteiger partial charge in [-0.05, 0) is 40.8 Å². The van der Waals surface area contributed by atoms with Crippen LogP contribution in [0.2, 0.25) is 0 Å². The van der Waals surface area contributed by atoms with Crippen molar-refractivity contribution in [3.05, 3.63) is 51.2 Å². The maximum Gasteiger partial charge on any atom is 0.358 e. The van der Waals surface area contributed by atoms with E-state index in [1.807, 2.05) is 22.6 Å². The van der Waals surface area contributed by atoms with Crippen molar-refractivity contribution in [2.24, 2.45) is 0 Å². The Bertz CT molecular complexity index is 693. The van der Waals surface area contributed by atoms with Crippen LogP contribution in [0.4, 0.5) is 10.2 Å². The number of carboxylic acid groups (broad SMARTS) is 1.